The molecule has 0 unspecified atom stereocenters. The first-order chi connectivity index (χ1) is 9.01. The van der Waals surface area contributed by atoms with Gasteiger partial charge in [0, 0.05) is 0 Å². The number of rotatable bonds is 5. The summed E-state index contributed by atoms with van der Waals surface area (Å²) in [6, 6.07) is 0. The zero-order valence-corrected chi connectivity index (χ0v) is 12.0. The molecule has 19 heavy (non-hydrogen) atoms. The highest BCUT2D eigenvalue weighted by Gasteiger charge is 2.49. The van der Waals surface area contributed by atoms with Gasteiger partial charge in [-0.1, -0.05) is 31.6 Å². The van der Waals surface area contributed by atoms with Gasteiger partial charge in [-0.3, -0.25) is 9.59 Å². The summed E-state index contributed by atoms with van der Waals surface area (Å²) >= 11 is 0. The molecule has 4 heteroatoms. The lowest BCUT2D eigenvalue weighted by Gasteiger charge is -2.32. The van der Waals surface area contributed by atoms with E-state index in [0.717, 1.165) is 30.4 Å². The molecule has 4 nitrogen and oxygen atoms in total. The Labute approximate surface area is 114 Å². The van der Waals surface area contributed by atoms with Gasteiger partial charge in [0.15, 0.2) is 5.41 Å². The van der Waals surface area contributed by atoms with Crippen LogP contribution in [0.3, 0.4) is 0 Å². The van der Waals surface area contributed by atoms with Crippen LogP contribution in [-0.2, 0) is 19.1 Å². The minimum Gasteiger partial charge on any atom is -0.468 e. The topological polar surface area (TPSA) is 52.6 Å². The second kappa shape index (κ2) is 6.55. The van der Waals surface area contributed by atoms with E-state index in [1.165, 1.54) is 14.2 Å². The molecule has 0 saturated carbocycles. The van der Waals surface area contributed by atoms with Gasteiger partial charge in [0.05, 0.1) is 14.2 Å². The normalized spacial score (nSPS) is 17.6. The monoisotopic (exact) mass is 266 g/mol. The van der Waals surface area contributed by atoms with Crippen molar-refractivity contribution < 1.29 is 19.1 Å². The van der Waals surface area contributed by atoms with E-state index in [2.05, 4.69) is 13.5 Å². The van der Waals surface area contributed by atoms with E-state index < -0.39 is 17.4 Å². The van der Waals surface area contributed by atoms with Crippen molar-refractivity contribution in [2.75, 3.05) is 14.2 Å². The fraction of sp³-hybridized carbons (Fsp3) is 0.600. The molecular weight excluding hydrogens is 244 g/mol. The Balaban J connectivity index is 3.00. The van der Waals surface area contributed by atoms with Crippen LogP contribution in [-0.4, -0.2) is 26.2 Å². The maximum absolute atomic E-state index is 12.0. The number of hydrogen-bond acceptors (Lipinski definition) is 4. The van der Waals surface area contributed by atoms with Gasteiger partial charge in [-0.05, 0) is 31.3 Å². The Morgan fingerprint density at radius 2 is 1.89 bits per heavy atom. The fourth-order valence-electron chi connectivity index (χ4n) is 2.42. The summed E-state index contributed by atoms with van der Waals surface area (Å²) in [7, 11) is 2.57. The molecule has 0 radical (unpaired) electrons. The molecule has 106 valence electrons. The summed E-state index contributed by atoms with van der Waals surface area (Å²) in [6.45, 7) is 6.12. The standard InChI is InChI=1S/C15H22O4/c1-5-6-7-12-8-9-15(10-11(12)2,13(16)18-3)14(17)19-4/h8H,2,5-7,9-10H2,1,3-4H3. The molecule has 0 amide bonds. The van der Waals surface area contributed by atoms with Crippen molar-refractivity contribution in [1.82, 2.24) is 0 Å². The second-order valence-electron chi connectivity index (χ2n) is 4.88. The van der Waals surface area contributed by atoms with E-state index in [1.807, 2.05) is 6.08 Å². The van der Waals surface area contributed by atoms with Gasteiger partial charge < -0.3 is 9.47 Å². The molecule has 0 saturated heterocycles. The molecule has 0 N–H and O–H groups in total. The predicted octanol–water partition coefficient (Wildman–Crippen LogP) is 2.79. The lowest BCUT2D eigenvalue weighted by molar-refractivity contribution is -0.169. The van der Waals surface area contributed by atoms with Gasteiger partial charge in [-0.15, -0.1) is 0 Å². The summed E-state index contributed by atoms with van der Waals surface area (Å²) in [5.74, 6) is -1.10. The molecule has 1 aliphatic carbocycles. The number of ether oxygens (including phenoxy) is 2. The van der Waals surface area contributed by atoms with E-state index in [0.29, 0.717) is 6.42 Å². The van der Waals surface area contributed by atoms with Crippen LogP contribution >= 0.6 is 0 Å². The summed E-state index contributed by atoms with van der Waals surface area (Å²) in [6.07, 6.45) is 5.65. The highest BCUT2D eigenvalue weighted by Crippen LogP contribution is 2.41. The zero-order chi connectivity index (χ0) is 14.5. The van der Waals surface area contributed by atoms with E-state index in [9.17, 15) is 9.59 Å². The zero-order valence-electron chi connectivity index (χ0n) is 12.0. The fourth-order valence-corrected chi connectivity index (χ4v) is 2.42. The first-order valence-electron chi connectivity index (χ1n) is 6.55. The van der Waals surface area contributed by atoms with Crippen molar-refractivity contribution in [1.29, 1.82) is 0 Å². The van der Waals surface area contributed by atoms with Crippen LogP contribution in [0.25, 0.3) is 0 Å². The largest absolute Gasteiger partial charge is 0.468 e. The number of allylic oxidation sites excluding steroid dienone is 3. The maximum Gasteiger partial charge on any atom is 0.323 e. The third-order valence-corrected chi connectivity index (χ3v) is 3.62. The van der Waals surface area contributed by atoms with E-state index in [-0.39, 0.29) is 6.42 Å². The number of carbonyl (C=O) groups excluding carboxylic acids is 2. The molecule has 0 fully saturated rings. The molecule has 0 aromatic heterocycles. The Hall–Kier alpha value is -1.58. The van der Waals surface area contributed by atoms with Gasteiger partial charge in [-0.25, -0.2) is 0 Å². The summed E-state index contributed by atoms with van der Waals surface area (Å²) in [5, 5.41) is 0. The highest BCUT2D eigenvalue weighted by atomic mass is 16.5. The predicted molar refractivity (Wildman–Crippen MR) is 72.4 cm³/mol. The van der Waals surface area contributed by atoms with Crippen LogP contribution < -0.4 is 0 Å². The molecule has 0 aliphatic heterocycles. The highest BCUT2D eigenvalue weighted by molar-refractivity contribution is 6.01. The van der Waals surface area contributed by atoms with Crippen molar-refractivity contribution in [2.24, 2.45) is 5.41 Å². The van der Waals surface area contributed by atoms with Crippen LogP contribution in [0, 0.1) is 5.41 Å². The first-order valence-corrected chi connectivity index (χ1v) is 6.55. The minimum atomic E-state index is -1.25. The van der Waals surface area contributed by atoms with Crippen molar-refractivity contribution in [3.05, 3.63) is 23.8 Å². The third-order valence-electron chi connectivity index (χ3n) is 3.62. The van der Waals surface area contributed by atoms with Crippen LogP contribution in [0.5, 0.6) is 0 Å². The number of hydrogen-bond donors (Lipinski definition) is 0. The number of carbonyl (C=O) groups is 2. The summed E-state index contributed by atoms with van der Waals surface area (Å²) < 4.78 is 9.54. The van der Waals surface area contributed by atoms with E-state index in [4.69, 9.17) is 9.47 Å². The molecule has 1 aliphatic rings. The van der Waals surface area contributed by atoms with Gasteiger partial charge in [-0.2, -0.15) is 0 Å². The number of methoxy groups -OCH3 is 2. The Morgan fingerprint density at radius 1 is 1.32 bits per heavy atom. The Kier molecular flexibility index (Phi) is 5.33. The first kappa shape index (κ1) is 15.5. The van der Waals surface area contributed by atoms with Crippen LogP contribution in [0.4, 0.5) is 0 Å². The van der Waals surface area contributed by atoms with Crippen LogP contribution in [0.1, 0.15) is 39.0 Å². The van der Waals surface area contributed by atoms with Crippen molar-refractivity contribution >= 4 is 11.9 Å². The van der Waals surface area contributed by atoms with Crippen LogP contribution in [0.15, 0.2) is 23.8 Å². The average Bonchev–Trinajstić information content (AvgIpc) is 2.44. The average molecular weight is 266 g/mol. The van der Waals surface area contributed by atoms with Crippen LogP contribution in [0.2, 0.25) is 0 Å². The van der Waals surface area contributed by atoms with Crippen molar-refractivity contribution in [3.8, 4) is 0 Å². The quantitative estimate of drug-likeness (QED) is 0.567. The SMILES string of the molecule is C=C1CC(C(=O)OC)(C(=O)OC)CC=C1CCCC. The van der Waals surface area contributed by atoms with Crippen molar-refractivity contribution in [2.45, 2.75) is 39.0 Å². The summed E-state index contributed by atoms with van der Waals surface area (Å²) in [4.78, 5) is 23.9. The lowest BCUT2D eigenvalue weighted by atomic mass is 9.72. The van der Waals surface area contributed by atoms with E-state index in [1.54, 1.807) is 0 Å². The smallest absolute Gasteiger partial charge is 0.323 e. The Morgan fingerprint density at radius 3 is 2.32 bits per heavy atom. The van der Waals surface area contributed by atoms with Gasteiger partial charge in [0.1, 0.15) is 0 Å². The lowest BCUT2D eigenvalue weighted by Crippen LogP contribution is -2.42. The summed E-state index contributed by atoms with van der Waals surface area (Å²) in [5.41, 5.74) is 0.719. The minimum absolute atomic E-state index is 0.280. The number of esters is 2. The molecular formula is C15H22O4. The van der Waals surface area contributed by atoms with Gasteiger partial charge in [0.25, 0.3) is 0 Å². The molecule has 0 heterocycles. The molecule has 0 aromatic rings. The number of unbranched alkanes of at least 4 members (excludes halogenated alkanes) is 1. The third kappa shape index (κ3) is 3.06. The second-order valence-corrected chi connectivity index (χ2v) is 4.88. The van der Waals surface area contributed by atoms with E-state index >= 15 is 0 Å². The Bertz CT molecular complexity index is 390. The molecule has 0 aromatic carbocycles. The molecule has 0 spiro atoms. The molecule has 1 rings (SSSR count). The van der Waals surface area contributed by atoms with Crippen molar-refractivity contribution in [3.63, 3.8) is 0 Å². The van der Waals surface area contributed by atoms with Gasteiger partial charge >= 0.3 is 11.9 Å². The maximum atomic E-state index is 12.0. The molecule has 0 bridgehead atoms. The molecule has 0 atom stereocenters. The van der Waals surface area contributed by atoms with Gasteiger partial charge in [0.2, 0.25) is 0 Å².